The second-order valence-corrected chi connectivity index (χ2v) is 5.82. The van der Waals surface area contributed by atoms with E-state index in [0.29, 0.717) is 19.2 Å². The molecule has 4 heteroatoms. The number of ether oxygens (including phenoxy) is 2. The van der Waals surface area contributed by atoms with Crippen LogP contribution in [-0.2, 0) is 11.2 Å². The number of nitrogens with zero attached hydrogens (tertiary/aromatic N) is 1. The van der Waals surface area contributed by atoms with Crippen LogP contribution in [-0.4, -0.2) is 50.4 Å². The predicted octanol–water partition coefficient (Wildman–Crippen LogP) is 2.31. The fourth-order valence-corrected chi connectivity index (χ4v) is 3.03. The van der Waals surface area contributed by atoms with Gasteiger partial charge in [0.2, 0.25) is 0 Å². The maximum atomic E-state index is 6.11. The van der Waals surface area contributed by atoms with Crippen LogP contribution >= 0.6 is 0 Å². The number of benzene rings is 1. The summed E-state index contributed by atoms with van der Waals surface area (Å²) in [7, 11) is 3.43. The second kappa shape index (κ2) is 8.37. The quantitative estimate of drug-likeness (QED) is 0.759. The SMILES string of the molecule is CCN(C(C)COC)C(C)(CN)Cc1ccc(OC)cc1. The van der Waals surface area contributed by atoms with Crippen LogP contribution in [0, 0.1) is 0 Å². The maximum Gasteiger partial charge on any atom is 0.118 e. The molecule has 21 heavy (non-hydrogen) atoms. The van der Waals surface area contributed by atoms with Crippen molar-refractivity contribution in [3.63, 3.8) is 0 Å². The summed E-state index contributed by atoms with van der Waals surface area (Å²) in [5.74, 6) is 0.883. The van der Waals surface area contributed by atoms with Gasteiger partial charge in [0.25, 0.3) is 0 Å². The fourth-order valence-electron chi connectivity index (χ4n) is 3.03. The molecule has 2 atom stereocenters. The van der Waals surface area contributed by atoms with Crippen molar-refractivity contribution in [1.82, 2.24) is 4.90 Å². The van der Waals surface area contributed by atoms with Crippen molar-refractivity contribution in [2.75, 3.05) is 33.9 Å². The fraction of sp³-hybridized carbons (Fsp3) is 0.647. The van der Waals surface area contributed by atoms with E-state index in [1.807, 2.05) is 12.1 Å². The molecule has 0 saturated heterocycles. The summed E-state index contributed by atoms with van der Waals surface area (Å²) in [6.45, 7) is 8.87. The Hall–Kier alpha value is -1.10. The molecule has 0 saturated carbocycles. The third-order valence-corrected chi connectivity index (χ3v) is 4.16. The topological polar surface area (TPSA) is 47.7 Å². The van der Waals surface area contributed by atoms with Crippen LogP contribution in [0.2, 0.25) is 0 Å². The first-order valence-electron chi connectivity index (χ1n) is 7.59. The average Bonchev–Trinajstić information content (AvgIpc) is 2.49. The molecule has 0 fully saturated rings. The van der Waals surface area contributed by atoms with Crippen molar-refractivity contribution in [3.8, 4) is 5.75 Å². The molecule has 120 valence electrons. The first-order chi connectivity index (χ1) is 10.0. The zero-order valence-corrected chi connectivity index (χ0v) is 14.1. The first kappa shape index (κ1) is 18.0. The van der Waals surface area contributed by atoms with E-state index < -0.39 is 0 Å². The molecule has 0 aromatic heterocycles. The summed E-state index contributed by atoms with van der Waals surface area (Å²) in [6, 6.07) is 8.57. The number of hydrogen-bond acceptors (Lipinski definition) is 4. The summed E-state index contributed by atoms with van der Waals surface area (Å²) >= 11 is 0. The van der Waals surface area contributed by atoms with Crippen molar-refractivity contribution in [1.29, 1.82) is 0 Å². The first-order valence-corrected chi connectivity index (χ1v) is 7.59. The molecular formula is C17H30N2O2. The van der Waals surface area contributed by atoms with Gasteiger partial charge in [0, 0.05) is 25.2 Å². The van der Waals surface area contributed by atoms with E-state index in [1.165, 1.54) is 5.56 Å². The molecule has 2 unspecified atom stereocenters. The van der Waals surface area contributed by atoms with E-state index in [0.717, 1.165) is 18.7 Å². The molecule has 0 aliphatic heterocycles. The Morgan fingerprint density at radius 2 is 1.86 bits per heavy atom. The van der Waals surface area contributed by atoms with Gasteiger partial charge in [0.05, 0.1) is 13.7 Å². The van der Waals surface area contributed by atoms with Crippen LogP contribution in [0.15, 0.2) is 24.3 Å². The lowest BCUT2D eigenvalue weighted by Gasteiger charge is -2.44. The Morgan fingerprint density at radius 3 is 2.29 bits per heavy atom. The molecule has 1 rings (SSSR count). The summed E-state index contributed by atoms with van der Waals surface area (Å²) in [4.78, 5) is 2.43. The minimum absolute atomic E-state index is 0.0821. The maximum absolute atomic E-state index is 6.11. The lowest BCUT2D eigenvalue weighted by atomic mass is 9.89. The zero-order chi connectivity index (χ0) is 15.9. The lowest BCUT2D eigenvalue weighted by Crippen LogP contribution is -2.57. The van der Waals surface area contributed by atoms with Gasteiger partial charge in [0.15, 0.2) is 0 Å². The third-order valence-electron chi connectivity index (χ3n) is 4.16. The third kappa shape index (κ3) is 4.70. The van der Waals surface area contributed by atoms with Gasteiger partial charge >= 0.3 is 0 Å². The highest BCUT2D eigenvalue weighted by molar-refractivity contribution is 5.28. The molecule has 0 radical (unpaired) electrons. The molecule has 0 spiro atoms. The van der Waals surface area contributed by atoms with E-state index in [4.69, 9.17) is 15.2 Å². The molecule has 0 bridgehead atoms. The lowest BCUT2D eigenvalue weighted by molar-refractivity contribution is 0.0295. The van der Waals surface area contributed by atoms with Gasteiger partial charge in [-0.15, -0.1) is 0 Å². The van der Waals surface area contributed by atoms with Crippen LogP contribution in [0.4, 0.5) is 0 Å². The molecule has 2 N–H and O–H groups in total. The number of hydrogen-bond donors (Lipinski definition) is 1. The van der Waals surface area contributed by atoms with E-state index in [-0.39, 0.29) is 5.54 Å². The zero-order valence-electron chi connectivity index (χ0n) is 14.1. The Morgan fingerprint density at radius 1 is 1.24 bits per heavy atom. The van der Waals surface area contributed by atoms with Gasteiger partial charge in [0.1, 0.15) is 5.75 Å². The number of methoxy groups -OCH3 is 2. The van der Waals surface area contributed by atoms with Gasteiger partial charge in [-0.25, -0.2) is 0 Å². The van der Waals surface area contributed by atoms with Gasteiger partial charge in [-0.2, -0.15) is 0 Å². The Balaban J connectivity index is 2.90. The average molecular weight is 294 g/mol. The van der Waals surface area contributed by atoms with Crippen molar-refractivity contribution < 1.29 is 9.47 Å². The molecule has 4 nitrogen and oxygen atoms in total. The molecular weight excluding hydrogens is 264 g/mol. The molecule has 0 amide bonds. The highest BCUT2D eigenvalue weighted by atomic mass is 16.5. The van der Waals surface area contributed by atoms with E-state index in [2.05, 4.69) is 37.8 Å². The molecule has 0 aliphatic carbocycles. The molecule has 0 heterocycles. The summed E-state index contributed by atoms with van der Waals surface area (Å²) in [6.07, 6.45) is 0.912. The van der Waals surface area contributed by atoms with Crippen LogP contribution < -0.4 is 10.5 Å². The number of rotatable bonds is 9. The van der Waals surface area contributed by atoms with Crippen LogP contribution in [0.1, 0.15) is 26.3 Å². The predicted molar refractivity (Wildman–Crippen MR) is 87.9 cm³/mol. The standard InChI is InChI=1S/C17H30N2O2/c1-6-19(14(2)12-20-4)17(3,13-18)11-15-7-9-16(21-5)10-8-15/h7-10,14H,6,11-13,18H2,1-5H3. The van der Waals surface area contributed by atoms with Crippen LogP contribution in [0.3, 0.4) is 0 Å². The summed E-state index contributed by atoms with van der Waals surface area (Å²) in [5.41, 5.74) is 7.30. The van der Waals surface area contributed by atoms with Crippen molar-refractivity contribution in [2.24, 2.45) is 5.73 Å². The smallest absolute Gasteiger partial charge is 0.118 e. The van der Waals surface area contributed by atoms with Gasteiger partial charge in [-0.3, -0.25) is 4.90 Å². The minimum atomic E-state index is -0.0821. The number of likely N-dealkylation sites (N-methyl/N-ethyl adjacent to an activating group) is 1. The Kier molecular flexibility index (Phi) is 7.15. The second-order valence-electron chi connectivity index (χ2n) is 5.82. The number of nitrogens with two attached hydrogens (primary N) is 1. The largest absolute Gasteiger partial charge is 0.497 e. The Labute approximate surface area is 129 Å². The summed E-state index contributed by atoms with van der Waals surface area (Å²) < 4.78 is 10.5. The highest BCUT2D eigenvalue weighted by Crippen LogP contribution is 2.24. The monoisotopic (exact) mass is 294 g/mol. The Bertz CT molecular complexity index is 408. The van der Waals surface area contributed by atoms with Crippen molar-refractivity contribution in [3.05, 3.63) is 29.8 Å². The highest BCUT2D eigenvalue weighted by Gasteiger charge is 2.32. The summed E-state index contributed by atoms with van der Waals surface area (Å²) in [5, 5.41) is 0. The van der Waals surface area contributed by atoms with Crippen LogP contribution in [0.25, 0.3) is 0 Å². The van der Waals surface area contributed by atoms with Gasteiger partial charge < -0.3 is 15.2 Å². The molecule has 1 aromatic carbocycles. The minimum Gasteiger partial charge on any atom is -0.497 e. The molecule has 1 aromatic rings. The van der Waals surface area contributed by atoms with Crippen molar-refractivity contribution in [2.45, 2.75) is 38.8 Å². The molecule has 0 aliphatic rings. The van der Waals surface area contributed by atoms with Crippen LogP contribution in [0.5, 0.6) is 5.75 Å². The van der Waals surface area contributed by atoms with E-state index in [1.54, 1.807) is 14.2 Å². The normalized spacial score (nSPS) is 15.8. The van der Waals surface area contributed by atoms with Gasteiger partial charge in [-0.05, 0) is 44.5 Å². The van der Waals surface area contributed by atoms with E-state index >= 15 is 0 Å². The van der Waals surface area contributed by atoms with Gasteiger partial charge in [-0.1, -0.05) is 19.1 Å². The van der Waals surface area contributed by atoms with E-state index in [9.17, 15) is 0 Å². The van der Waals surface area contributed by atoms with Crippen molar-refractivity contribution >= 4 is 0 Å².